The number of benzene rings is 2. The zero-order valence-corrected chi connectivity index (χ0v) is 11.7. The number of fused-ring (bicyclic) bond motifs is 1. The summed E-state index contributed by atoms with van der Waals surface area (Å²) in [5, 5.41) is 13.6. The Balaban J connectivity index is 1.75. The quantitative estimate of drug-likeness (QED) is 0.644. The molecule has 0 saturated carbocycles. The standard InChI is InChI=1S/C17H16N2O2/c1-11-2-5-16(20)15(8-11)19-17(21)10-12-3-4-13-6-7-18-14(13)9-12/h2-9,18,20H,10H2,1H3,(H,19,21). The Bertz CT molecular complexity index is 805. The smallest absolute Gasteiger partial charge is 0.228 e. The molecular weight excluding hydrogens is 264 g/mol. The molecular formula is C17H16N2O2. The van der Waals surface area contributed by atoms with Crippen LogP contribution in [0.3, 0.4) is 0 Å². The van der Waals surface area contributed by atoms with Crippen molar-refractivity contribution in [3.05, 3.63) is 59.8 Å². The van der Waals surface area contributed by atoms with Crippen molar-refractivity contribution in [1.29, 1.82) is 0 Å². The summed E-state index contributed by atoms with van der Waals surface area (Å²) >= 11 is 0. The first-order valence-corrected chi connectivity index (χ1v) is 6.77. The molecule has 1 amide bonds. The van der Waals surface area contributed by atoms with Crippen molar-refractivity contribution in [2.24, 2.45) is 0 Å². The number of H-pyrrole nitrogens is 1. The van der Waals surface area contributed by atoms with Crippen LogP contribution in [0.2, 0.25) is 0 Å². The molecule has 0 unspecified atom stereocenters. The number of aromatic nitrogens is 1. The van der Waals surface area contributed by atoms with Crippen LogP contribution in [0.1, 0.15) is 11.1 Å². The van der Waals surface area contributed by atoms with Gasteiger partial charge in [0.25, 0.3) is 0 Å². The minimum Gasteiger partial charge on any atom is -0.506 e. The molecule has 4 nitrogen and oxygen atoms in total. The fraction of sp³-hybridized carbons (Fsp3) is 0.118. The third kappa shape index (κ3) is 2.89. The van der Waals surface area contributed by atoms with E-state index in [1.54, 1.807) is 18.2 Å². The molecule has 0 aliphatic heterocycles. The van der Waals surface area contributed by atoms with Crippen LogP contribution in [0.25, 0.3) is 10.9 Å². The van der Waals surface area contributed by atoms with E-state index in [9.17, 15) is 9.90 Å². The molecule has 0 atom stereocenters. The average Bonchev–Trinajstić information content (AvgIpc) is 2.90. The number of hydrogen-bond acceptors (Lipinski definition) is 2. The van der Waals surface area contributed by atoms with Gasteiger partial charge in [-0.1, -0.05) is 18.2 Å². The minimum absolute atomic E-state index is 0.0776. The predicted molar refractivity (Wildman–Crippen MR) is 83.5 cm³/mol. The SMILES string of the molecule is Cc1ccc(O)c(NC(=O)Cc2ccc3cc[nH]c3c2)c1. The Kier molecular flexibility index (Phi) is 3.36. The first kappa shape index (κ1) is 13.2. The van der Waals surface area contributed by atoms with Crippen LogP contribution in [-0.4, -0.2) is 16.0 Å². The molecule has 0 aliphatic carbocycles. The maximum Gasteiger partial charge on any atom is 0.228 e. The first-order chi connectivity index (χ1) is 10.1. The molecule has 0 spiro atoms. The first-order valence-electron chi connectivity index (χ1n) is 6.77. The lowest BCUT2D eigenvalue weighted by Crippen LogP contribution is -2.14. The second kappa shape index (κ2) is 5.32. The third-order valence-electron chi connectivity index (χ3n) is 3.41. The van der Waals surface area contributed by atoms with Crippen LogP contribution >= 0.6 is 0 Å². The molecule has 0 fully saturated rings. The predicted octanol–water partition coefficient (Wildman–Crippen LogP) is 3.36. The molecule has 0 bridgehead atoms. The summed E-state index contributed by atoms with van der Waals surface area (Å²) in [5.41, 5.74) is 3.37. The van der Waals surface area contributed by atoms with E-state index in [1.807, 2.05) is 37.4 Å². The molecule has 2 aromatic carbocycles. The maximum absolute atomic E-state index is 12.1. The molecule has 21 heavy (non-hydrogen) atoms. The number of rotatable bonds is 3. The van der Waals surface area contributed by atoms with Crippen molar-refractivity contribution < 1.29 is 9.90 Å². The van der Waals surface area contributed by atoms with Gasteiger partial charge in [-0.3, -0.25) is 4.79 Å². The molecule has 1 heterocycles. The van der Waals surface area contributed by atoms with Crippen molar-refractivity contribution >= 4 is 22.5 Å². The highest BCUT2D eigenvalue weighted by Crippen LogP contribution is 2.24. The van der Waals surface area contributed by atoms with E-state index in [1.165, 1.54) is 0 Å². The van der Waals surface area contributed by atoms with Crippen LogP contribution in [0.4, 0.5) is 5.69 Å². The van der Waals surface area contributed by atoms with E-state index in [0.29, 0.717) is 5.69 Å². The van der Waals surface area contributed by atoms with Gasteiger partial charge in [0.2, 0.25) is 5.91 Å². The summed E-state index contributed by atoms with van der Waals surface area (Å²) in [7, 11) is 0. The molecule has 106 valence electrons. The summed E-state index contributed by atoms with van der Waals surface area (Å²) in [6.45, 7) is 1.91. The highest BCUT2D eigenvalue weighted by Gasteiger charge is 2.08. The Labute approximate surface area is 122 Å². The fourth-order valence-electron chi connectivity index (χ4n) is 2.33. The van der Waals surface area contributed by atoms with Crippen LogP contribution in [-0.2, 0) is 11.2 Å². The summed E-state index contributed by atoms with van der Waals surface area (Å²) in [4.78, 5) is 15.2. The lowest BCUT2D eigenvalue weighted by atomic mass is 10.1. The monoisotopic (exact) mass is 280 g/mol. The van der Waals surface area contributed by atoms with Crippen LogP contribution in [0, 0.1) is 6.92 Å². The highest BCUT2D eigenvalue weighted by atomic mass is 16.3. The number of anilines is 1. The van der Waals surface area contributed by atoms with Crippen LogP contribution in [0.5, 0.6) is 5.75 Å². The van der Waals surface area contributed by atoms with Crippen molar-refractivity contribution in [3.63, 3.8) is 0 Å². The molecule has 1 aromatic heterocycles. The van der Waals surface area contributed by atoms with Gasteiger partial charge in [0.1, 0.15) is 5.75 Å². The fourth-order valence-corrected chi connectivity index (χ4v) is 2.33. The van der Waals surface area contributed by atoms with E-state index in [4.69, 9.17) is 0 Å². The van der Waals surface area contributed by atoms with E-state index in [-0.39, 0.29) is 18.1 Å². The van der Waals surface area contributed by atoms with Crippen molar-refractivity contribution in [1.82, 2.24) is 4.98 Å². The van der Waals surface area contributed by atoms with E-state index in [0.717, 1.165) is 22.0 Å². The molecule has 0 radical (unpaired) electrons. The van der Waals surface area contributed by atoms with E-state index in [2.05, 4.69) is 10.3 Å². The number of phenolic OH excluding ortho intramolecular Hbond substituents is 1. The Morgan fingerprint density at radius 3 is 2.90 bits per heavy atom. The van der Waals surface area contributed by atoms with Crippen molar-refractivity contribution in [2.75, 3.05) is 5.32 Å². The van der Waals surface area contributed by atoms with Gasteiger partial charge in [-0.2, -0.15) is 0 Å². The number of aromatic amines is 1. The Hall–Kier alpha value is -2.75. The number of carbonyl (C=O) groups excluding carboxylic acids is 1. The highest BCUT2D eigenvalue weighted by molar-refractivity contribution is 5.94. The van der Waals surface area contributed by atoms with Gasteiger partial charge in [0, 0.05) is 11.7 Å². The molecule has 3 aromatic rings. The van der Waals surface area contributed by atoms with E-state index >= 15 is 0 Å². The van der Waals surface area contributed by atoms with Crippen LogP contribution in [0.15, 0.2) is 48.7 Å². The summed E-state index contributed by atoms with van der Waals surface area (Å²) in [6, 6.07) is 13.0. The summed E-state index contributed by atoms with van der Waals surface area (Å²) in [5.74, 6) is -0.0735. The van der Waals surface area contributed by atoms with Gasteiger partial charge in [-0.15, -0.1) is 0 Å². The van der Waals surface area contributed by atoms with Crippen molar-refractivity contribution in [3.8, 4) is 5.75 Å². The lowest BCUT2D eigenvalue weighted by molar-refractivity contribution is -0.115. The normalized spacial score (nSPS) is 10.7. The Morgan fingerprint density at radius 1 is 1.19 bits per heavy atom. The molecule has 4 heteroatoms. The van der Waals surface area contributed by atoms with Gasteiger partial charge in [0.15, 0.2) is 0 Å². The van der Waals surface area contributed by atoms with Gasteiger partial charge < -0.3 is 15.4 Å². The molecule has 0 saturated heterocycles. The number of aryl methyl sites for hydroxylation is 1. The number of amides is 1. The zero-order valence-electron chi connectivity index (χ0n) is 11.7. The number of carbonyl (C=O) groups is 1. The minimum atomic E-state index is -0.151. The average molecular weight is 280 g/mol. The van der Waals surface area contributed by atoms with Gasteiger partial charge in [0.05, 0.1) is 12.1 Å². The lowest BCUT2D eigenvalue weighted by Gasteiger charge is -2.08. The maximum atomic E-state index is 12.1. The second-order valence-corrected chi connectivity index (χ2v) is 5.14. The van der Waals surface area contributed by atoms with Gasteiger partial charge >= 0.3 is 0 Å². The summed E-state index contributed by atoms with van der Waals surface area (Å²) in [6.07, 6.45) is 2.14. The largest absolute Gasteiger partial charge is 0.506 e. The summed E-state index contributed by atoms with van der Waals surface area (Å²) < 4.78 is 0. The van der Waals surface area contributed by atoms with Gasteiger partial charge in [-0.05, 0) is 47.7 Å². The zero-order chi connectivity index (χ0) is 14.8. The Morgan fingerprint density at radius 2 is 2.05 bits per heavy atom. The second-order valence-electron chi connectivity index (χ2n) is 5.14. The number of phenols is 1. The van der Waals surface area contributed by atoms with Gasteiger partial charge in [-0.25, -0.2) is 0 Å². The van der Waals surface area contributed by atoms with Crippen molar-refractivity contribution in [2.45, 2.75) is 13.3 Å². The van der Waals surface area contributed by atoms with E-state index < -0.39 is 0 Å². The molecule has 3 N–H and O–H groups in total. The number of hydrogen-bond donors (Lipinski definition) is 3. The third-order valence-corrected chi connectivity index (χ3v) is 3.41. The molecule has 0 aliphatic rings. The van der Waals surface area contributed by atoms with Crippen LogP contribution < -0.4 is 5.32 Å². The number of aromatic hydroxyl groups is 1. The molecule has 3 rings (SSSR count). The number of nitrogens with one attached hydrogen (secondary N) is 2. The topological polar surface area (TPSA) is 65.1 Å².